The van der Waals surface area contributed by atoms with E-state index in [2.05, 4.69) is 5.32 Å². The van der Waals surface area contributed by atoms with Crippen LogP contribution in [0.1, 0.15) is 11.1 Å². The number of hydrogen-bond donors (Lipinski definition) is 1. The number of carbonyl (C=O) groups excluding carboxylic acids is 1. The van der Waals surface area contributed by atoms with Crippen molar-refractivity contribution in [1.82, 2.24) is 9.62 Å². The highest BCUT2D eigenvalue weighted by atomic mass is 32.2. The van der Waals surface area contributed by atoms with E-state index in [1.807, 2.05) is 56.3 Å². The van der Waals surface area contributed by atoms with Gasteiger partial charge in [0.2, 0.25) is 15.9 Å². The van der Waals surface area contributed by atoms with E-state index in [0.717, 1.165) is 32.0 Å². The lowest BCUT2D eigenvalue weighted by molar-refractivity contribution is -0.121. The Kier molecular flexibility index (Phi) is 6.74. The summed E-state index contributed by atoms with van der Waals surface area (Å²) in [5.74, 6) is 0.395. The first-order valence-corrected chi connectivity index (χ1v) is 11.1. The fourth-order valence-corrected chi connectivity index (χ4v) is 4.25. The van der Waals surface area contributed by atoms with Crippen molar-refractivity contribution in [1.29, 1.82) is 0 Å². The molecule has 1 amide bonds. The Morgan fingerprint density at radius 1 is 1.00 bits per heavy atom. The smallest absolute Gasteiger partial charge is 0.243 e. The van der Waals surface area contributed by atoms with Crippen molar-refractivity contribution in [2.75, 3.05) is 26.7 Å². The van der Waals surface area contributed by atoms with Gasteiger partial charge in [0.05, 0.1) is 18.0 Å². The van der Waals surface area contributed by atoms with Gasteiger partial charge in [-0.3, -0.25) is 4.79 Å². The van der Waals surface area contributed by atoms with Crippen LogP contribution in [0.15, 0.2) is 65.6 Å². The molecule has 0 spiro atoms. The number of nitrogens with zero attached hydrogens (tertiary/aromatic N) is 1. The molecule has 0 bridgehead atoms. The van der Waals surface area contributed by atoms with Gasteiger partial charge >= 0.3 is 0 Å². The summed E-state index contributed by atoms with van der Waals surface area (Å²) in [5.41, 5.74) is 2.20. The number of likely N-dealkylation sites (N-methyl/N-ethyl adjacent to an activating group) is 1. The van der Waals surface area contributed by atoms with Crippen molar-refractivity contribution >= 4 is 26.7 Å². The molecule has 7 heteroatoms. The predicted molar refractivity (Wildman–Crippen MR) is 118 cm³/mol. The Balaban J connectivity index is 1.54. The van der Waals surface area contributed by atoms with Gasteiger partial charge in [0.1, 0.15) is 12.4 Å². The number of hydrogen-bond acceptors (Lipinski definition) is 4. The van der Waals surface area contributed by atoms with Crippen molar-refractivity contribution in [2.24, 2.45) is 0 Å². The molecule has 0 aliphatic heterocycles. The van der Waals surface area contributed by atoms with Crippen LogP contribution in [-0.4, -0.2) is 45.4 Å². The molecule has 3 rings (SSSR count). The second-order valence-electron chi connectivity index (χ2n) is 7.17. The van der Waals surface area contributed by atoms with E-state index < -0.39 is 10.0 Å². The van der Waals surface area contributed by atoms with Crippen molar-refractivity contribution in [3.05, 3.63) is 71.8 Å². The number of benzene rings is 3. The van der Waals surface area contributed by atoms with Crippen molar-refractivity contribution < 1.29 is 17.9 Å². The molecule has 3 aromatic carbocycles. The fourth-order valence-electron chi connectivity index (χ4n) is 3.08. The normalized spacial score (nSPS) is 11.6. The molecule has 158 valence electrons. The van der Waals surface area contributed by atoms with E-state index in [1.165, 1.54) is 7.05 Å². The third kappa shape index (κ3) is 4.98. The van der Waals surface area contributed by atoms with E-state index in [1.54, 1.807) is 18.2 Å². The SMILES string of the molecule is Cc1cccc(OCCNC(=O)CN(C)S(=O)(=O)c2ccc3ccccc3c2)c1C. The minimum absolute atomic E-state index is 0.162. The molecule has 0 saturated heterocycles. The van der Waals surface area contributed by atoms with Crippen LogP contribution in [0.2, 0.25) is 0 Å². The summed E-state index contributed by atoms with van der Waals surface area (Å²) in [6, 6.07) is 18.3. The van der Waals surface area contributed by atoms with Gasteiger partial charge in [0, 0.05) is 7.05 Å². The van der Waals surface area contributed by atoms with Gasteiger partial charge in [-0.1, -0.05) is 42.5 Å². The summed E-state index contributed by atoms with van der Waals surface area (Å²) < 4.78 is 32.4. The van der Waals surface area contributed by atoms with Gasteiger partial charge in [0.15, 0.2) is 0 Å². The number of carbonyl (C=O) groups is 1. The molecule has 3 aromatic rings. The Bertz CT molecular complexity index is 1160. The monoisotopic (exact) mass is 426 g/mol. The van der Waals surface area contributed by atoms with Gasteiger partial charge in [-0.05, 0) is 53.9 Å². The molecule has 0 aliphatic rings. The highest BCUT2D eigenvalue weighted by Gasteiger charge is 2.23. The van der Waals surface area contributed by atoms with E-state index in [-0.39, 0.29) is 23.9 Å². The van der Waals surface area contributed by atoms with Crippen LogP contribution in [0.5, 0.6) is 5.75 Å². The van der Waals surface area contributed by atoms with E-state index in [4.69, 9.17) is 4.74 Å². The number of sulfonamides is 1. The zero-order valence-electron chi connectivity index (χ0n) is 17.4. The highest BCUT2D eigenvalue weighted by molar-refractivity contribution is 7.89. The molecule has 0 aromatic heterocycles. The molecule has 0 fully saturated rings. The predicted octanol–water partition coefficient (Wildman–Crippen LogP) is 3.27. The zero-order chi connectivity index (χ0) is 21.7. The number of rotatable bonds is 8. The van der Waals surface area contributed by atoms with Crippen molar-refractivity contribution in [3.8, 4) is 5.75 Å². The van der Waals surface area contributed by atoms with E-state index in [0.29, 0.717) is 6.61 Å². The molecule has 6 nitrogen and oxygen atoms in total. The maximum atomic E-state index is 12.8. The summed E-state index contributed by atoms with van der Waals surface area (Å²) in [6.07, 6.45) is 0. The fraction of sp³-hybridized carbons (Fsp3) is 0.261. The molecule has 1 N–H and O–H groups in total. The number of fused-ring (bicyclic) bond motifs is 1. The summed E-state index contributed by atoms with van der Waals surface area (Å²) in [7, 11) is -2.37. The van der Waals surface area contributed by atoms with E-state index >= 15 is 0 Å². The van der Waals surface area contributed by atoms with Crippen molar-refractivity contribution in [3.63, 3.8) is 0 Å². The van der Waals surface area contributed by atoms with Crippen LogP contribution in [0.4, 0.5) is 0 Å². The minimum atomic E-state index is -3.77. The summed E-state index contributed by atoms with van der Waals surface area (Å²) in [6.45, 7) is 4.32. The first-order chi connectivity index (χ1) is 14.3. The standard InChI is InChI=1S/C23H26N2O4S/c1-17-7-6-10-22(18(17)2)29-14-13-24-23(26)16-25(3)30(27,28)21-12-11-19-8-4-5-9-20(19)15-21/h4-12,15H,13-14,16H2,1-3H3,(H,24,26). The van der Waals surface area contributed by atoms with Gasteiger partial charge in [-0.15, -0.1) is 0 Å². The minimum Gasteiger partial charge on any atom is -0.491 e. The van der Waals surface area contributed by atoms with Gasteiger partial charge in [-0.25, -0.2) is 8.42 Å². The van der Waals surface area contributed by atoms with Gasteiger partial charge in [0.25, 0.3) is 0 Å². The summed E-state index contributed by atoms with van der Waals surface area (Å²) in [4.78, 5) is 12.4. The van der Waals surface area contributed by atoms with Crippen LogP contribution in [0.25, 0.3) is 10.8 Å². The lowest BCUT2D eigenvalue weighted by Crippen LogP contribution is -2.39. The number of ether oxygens (including phenoxy) is 1. The van der Waals surface area contributed by atoms with Crippen LogP contribution in [-0.2, 0) is 14.8 Å². The Hall–Kier alpha value is -2.90. The molecule has 0 saturated carbocycles. The first kappa shape index (κ1) is 21.8. The molecule has 0 aliphatic carbocycles. The van der Waals surface area contributed by atoms with Crippen LogP contribution >= 0.6 is 0 Å². The molecular formula is C23H26N2O4S. The van der Waals surface area contributed by atoms with Gasteiger partial charge in [-0.2, -0.15) is 4.31 Å². The topological polar surface area (TPSA) is 75.7 Å². The zero-order valence-corrected chi connectivity index (χ0v) is 18.2. The lowest BCUT2D eigenvalue weighted by Gasteiger charge is -2.17. The largest absolute Gasteiger partial charge is 0.491 e. The third-order valence-corrected chi connectivity index (χ3v) is 6.83. The molecule has 0 heterocycles. The molecule has 0 radical (unpaired) electrons. The van der Waals surface area contributed by atoms with Crippen LogP contribution < -0.4 is 10.1 Å². The molecule has 0 atom stereocenters. The average Bonchev–Trinajstić information content (AvgIpc) is 2.73. The second kappa shape index (κ2) is 9.28. The molecule has 0 unspecified atom stereocenters. The summed E-state index contributed by atoms with van der Waals surface area (Å²) >= 11 is 0. The maximum Gasteiger partial charge on any atom is 0.243 e. The average molecular weight is 427 g/mol. The number of aryl methyl sites for hydroxylation is 1. The maximum absolute atomic E-state index is 12.8. The van der Waals surface area contributed by atoms with Crippen LogP contribution in [0.3, 0.4) is 0 Å². The summed E-state index contributed by atoms with van der Waals surface area (Å²) in [5, 5.41) is 4.49. The Morgan fingerprint density at radius 3 is 2.50 bits per heavy atom. The van der Waals surface area contributed by atoms with Gasteiger partial charge < -0.3 is 10.1 Å². The second-order valence-corrected chi connectivity index (χ2v) is 9.21. The Morgan fingerprint density at radius 2 is 1.73 bits per heavy atom. The van der Waals surface area contributed by atoms with E-state index in [9.17, 15) is 13.2 Å². The molecular weight excluding hydrogens is 400 g/mol. The quantitative estimate of drug-likeness (QED) is 0.561. The number of nitrogens with one attached hydrogen (secondary N) is 1. The molecule has 30 heavy (non-hydrogen) atoms. The first-order valence-electron chi connectivity index (χ1n) is 9.70. The van der Waals surface area contributed by atoms with Crippen molar-refractivity contribution in [2.45, 2.75) is 18.7 Å². The highest BCUT2D eigenvalue weighted by Crippen LogP contribution is 2.21. The lowest BCUT2D eigenvalue weighted by atomic mass is 10.1. The number of amides is 1. The Labute approximate surface area is 177 Å². The van der Waals surface area contributed by atoms with Crippen LogP contribution in [0, 0.1) is 13.8 Å². The third-order valence-electron chi connectivity index (χ3n) is 5.03.